The van der Waals surface area contributed by atoms with Gasteiger partial charge in [-0.1, -0.05) is 5.16 Å². The van der Waals surface area contributed by atoms with E-state index in [2.05, 4.69) is 15.5 Å². The smallest absolute Gasteiger partial charge is 0.421 e. The number of nitrogens with one attached hydrogen (secondary N) is 1. The van der Waals surface area contributed by atoms with Crippen LogP contribution >= 0.6 is 0 Å². The van der Waals surface area contributed by atoms with Gasteiger partial charge in [-0.05, 0) is 57.1 Å². The van der Waals surface area contributed by atoms with Crippen molar-refractivity contribution in [3.8, 4) is 11.4 Å². The fraction of sp³-hybridized carbons (Fsp3) is 0.438. The molecule has 0 radical (unpaired) electrons. The minimum atomic E-state index is -4.10. The second-order valence-electron chi connectivity index (χ2n) is 5.96. The van der Waals surface area contributed by atoms with E-state index in [0.29, 0.717) is 21.6 Å². The van der Waals surface area contributed by atoms with Crippen LogP contribution in [0.25, 0.3) is 11.4 Å². The summed E-state index contributed by atoms with van der Waals surface area (Å²) in [6, 6.07) is 5.77. The van der Waals surface area contributed by atoms with Crippen LogP contribution in [0.1, 0.15) is 31.6 Å². The van der Waals surface area contributed by atoms with Crippen molar-refractivity contribution in [3.05, 3.63) is 30.2 Å². The Bertz CT molecular complexity index is 872. The first-order valence-electron chi connectivity index (χ1n) is 8.34. The molecule has 1 fully saturated rings. The van der Waals surface area contributed by atoms with Crippen LogP contribution in [0.5, 0.6) is 0 Å². The maximum absolute atomic E-state index is 12.4. The Morgan fingerprint density at radius 2 is 1.96 bits per heavy atom. The van der Waals surface area contributed by atoms with Gasteiger partial charge >= 0.3 is 6.09 Å². The Morgan fingerprint density at radius 3 is 2.54 bits per heavy atom. The molecule has 1 aromatic heterocycles. The normalized spacial score (nSPS) is 15.7. The highest BCUT2D eigenvalue weighted by atomic mass is 32.2. The number of amides is 1. The summed E-state index contributed by atoms with van der Waals surface area (Å²) >= 11 is 0. The molecule has 1 aromatic carbocycles. The van der Waals surface area contributed by atoms with Crippen LogP contribution in [0.15, 0.2) is 33.7 Å². The van der Waals surface area contributed by atoms with E-state index in [1.165, 1.54) is 19.1 Å². The predicted molar refractivity (Wildman–Crippen MR) is 92.2 cm³/mol. The quantitative estimate of drug-likeness (QED) is 0.805. The maximum Gasteiger partial charge on any atom is 0.421 e. The zero-order valence-electron chi connectivity index (χ0n) is 14.3. The highest BCUT2D eigenvalue weighted by Crippen LogP contribution is 2.27. The molecule has 10 heteroatoms. The van der Waals surface area contributed by atoms with Crippen molar-refractivity contribution in [3.63, 3.8) is 0 Å². The van der Waals surface area contributed by atoms with Gasteiger partial charge in [-0.15, -0.1) is 0 Å². The number of rotatable bonds is 5. The molecule has 2 heterocycles. The summed E-state index contributed by atoms with van der Waals surface area (Å²) in [4.78, 5) is 15.4. The zero-order valence-corrected chi connectivity index (χ0v) is 15.1. The second kappa shape index (κ2) is 7.42. The molecule has 0 spiro atoms. The third-order valence-electron chi connectivity index (χ3n) is 4.33. The van der Waals surface area contributed by atoms with Gasteiger partial charge in [-0.2, -0.15) is 4.98 Å². The summed E-state index contributed by atoms with van der Waals surface area (Å²) in [7, 11) is -4.10. The Balaban J connectivity index is 1.82. The van der Waals surface area contributed by atoms with E-state index in [4.69, 9.17) is 9.63 Å². The molecule has 0 unspecified atom stereocenters. The SMILES string of the molecule is CCN(C(=O)O)S(=O)(=O)c1ccc(-c2noc(C3CCNCC3)n2)cc1. The molecular formula is C16H20N4O5S. The first-order valence-corrected chi connectivity index (χ1v) is 9.78. The molecule has 2 N–H and O–H groups in total. The molecule has 1 saturated heterocycles. The Kier molecular flexibility index (Phi) is 5.23. The number of benzene rings is 1. The summed E-state index contributed by atoms with van der Waals surface area (Å²) in [6.07, 6.45) is 0.350. The minimum absolute atomic E-state index is 0.104. The van der Waals surface area contributed by atoms with Crippen molar-refractivity contribution in [2.75, 3.05) is 19.6 Å². The monoisotopic (exact) mass is 380 g/mol. The van der Waals surface area contributed by atoms with Gasteiger partial charge in [-0.25, -0.2) is 17.5 Å². The lowest BCUT2D eigenvalue weighted by molar-refractivity contribution is 0.173. The highest BCUT2D eigenvalue weighted by molar-refractivity contribution is 7.89. The molecule has 140 valence electrons. The standard InChI is InChI=1S/C16H20N4O5S/c1-2-20(16(21)22)26(23,24)13-5-3-11(4-6-13)14-18-15(25-19-14)12-7-9-17-10-8-12/h3-6,12,17H,2,7-10H2,1H3,(H,21,22). The Morgan fingerprint density at radius 1 is 1.31 bits per heavy atom. The summed E-state index contributed by atoms with van der Waals surface area (Å²) in [5.74, 6) is 1.19. The minimum Gasteiger partial charge on any atom is -0.464 e. The Labute approximate surface area is 151 Å². The van der Waals surface area contributed by atoms with E-state index >= 15 is 0 Å². The highest BCUT2D eigenvalue weighted by Gasteiger charge is 2.28. The summed E-state index contributed by atoms with van der Waals surface area (Å²) < 4.78 is 30.4. The van der Waals surface area contributed by atoms with Gasteiger partial charge in [0.15, 0.2) is 0 Å². The molecule has 1 aliphatic rings. The van der Waals surface area contributed by atoms with Gasteiger partial charge in [0.25, 0.3) is 10.0 Å². The van der Waals surface area contributed by atoms with Gasteiger partial charge in [-0.3, -0.25) is 0 Å². The summed E-state index contributed by atoms with van der Waals surface area (Å²) in [6.45, 7) is 3.12. The number of hydrogen-bond acceptors (Lipinski definition) is 7. The van der Waals surface area contributed by atoms with Gasteiger partial charge in [0, 0.05) is 18.0 Å². The molecule has 2 aromatic rings. The molecule has 0 saturated carbocycles. The molecule has 9 nitrogen and oxygen atoms in total. The summed E-state index contributed by atoms with van der Waals surface area (Å²) in [5, 5.41) is 16.3. The van der Waals surface area contributed by atoms with Crippen molar-refractivity contribution in [1.29, 1.82) is 0 Å². The predicted octanol–water partition coefficient (Wildman–Crippen LogP) is 1.89. The lowest BCUT2D eigenvalue weighted by Gasteiger charge is -2.18. The van der Waals surface area contributed by atoms with E-state index in [9.17, 15) is 13.2 Å². The molecule has 0 atom stereocenters. The van der Waals surface area contributed by atoms with Crippen LogP contribution in [0, 0.1) is 0 Å². The van der Waals surface area contributed by atoms with E-state index < -0.39 is 16.1 Å². The Hall–Kier alpha value is -2.46. The van der Waals surface area contributed by atoms with Crippen LogP contribution in [-0.2, 0) is 10.0 Å². The first-order chi connectivity index (χ1) is 12.4. The van der Waals surface area contributed by atoms with Crippen LogP contribution in [0.4, 0.5) is 4.79 Å². The van der Waals surface area contributed by atoms with Gasteiger partial charge in [0.2, 0.25) is 11.7 Å². The summed E-state index contributed by atoms with van der Waals surface area (Å²) in [5.41, 5.74) is 0.603. The number of carboxylic acid groups (broad SMARTS) is 1. The average molecular weight is 380 g/mol. The number of carbonyl (C=O) groups is 1. The molecule has 1 amide bonds. The van der Waals surface area contributed by atoms with Crippen molar-refractivity contribution in [1.82, 2.24) is 19.8 Å². The maximum atomic E-state index is 12.4. The van der Waals surface area contributed by atoms with E-state index in [1.807, 2.05) is 0 Å². The van der Waals surface area contributed by atoms with Crippen LogP contribution < -0.4 is 5.32 Å². The van der Waals surface area contributed by atoms with E-state index in [-0.39, 0.29) is 17.4 Å². The van der Waals surface area contributed by atoms with Crippen molar-refractivity contribution < 1.29 is 22.8 Å². The van der Waals surface area contributed by atoms with Gasteiger partial charge < -0.3 is 14.9 Å². The molecular weight excluding hydrogens is 360 g/mol. The lowest BCUT2D eigenvalue weighted by Crippen LogP contribution is -2.35. The molecule has 0 aliphatic carbocycles. The van der Waals surface area contributed by atoms with Gasteiger partial charge in [0.05, 0.1) is 4.90 Å². The topological polar surface area (TPSA) is 126 Å². The third-order valence-corrected chi connectivity index (χ3v) is 6.19. The zero-order chi connectivity index (χ0) is 18.7. The van der Waals surface area contributed by atoms with E-state index in [0.717, 1.165) is 25.9 Å². The number of nitrogens with zero attached hydrogens (tertiary/aromatic N) is 3. The largest absolute Gasteiger partial charge is 0.464 e. The van der Waals surface area contributed by atoms with Crippen LogP contribution in [0.2, 0.25) is 0 Å². The first kappa shape index (κ1) is 18.3. The fourth-order valence-corrected chi connectivity index (χ4v) is 4.18. The second-order valence-corrected chi connectivity index (χ2v) is 7.82. The number of piperidine rings is 1. The molecule has 26 heavy (non-hydrogen) atoms. The number of sulfonamides is 1. The number of hydrogen-bond donors (Lipinski definition) is 2. The molecule has 0 bridgehead atoms. The fourth-order valence-electron chi connectivity index (χ4n) is 2.90. The number of aromatic nitrogens is 2. The lowest BCUT2D eigenvalue weighted by atomic mass is 9.98. The van der Waals surface area contributed by atoms with Crippen LogP contribution in [-0.4, -0.2) is 53.7 Å². The molecule has 3 rings (SSSR count). The molecule has 1 aliphatic heterocycles. The average Bonchev–Trinajstić information content (AvgIpc) is 3.13. The van der Waals surface area contributed by atoms with E-state index in [1.54, 1.807) is 12.1 Å². The third kappa shape index (κ3) is 3.56. The van der Waals surface area contributed by atoms with Crippen molar-refractivity contribution in [2.24, 2.45) is 0 Å². The van der Waals surface area contributed by atoms with Crippen LogP contribution in [0.3, 0.4) is 0 Å². The van der Waals surface area contributed by atoms with Crippen molar-refractivity contribution >= 4 is 16.1 Å². The van der Waals surface area contributed by atoms with Crippen molar-refractivity contribution in [2.45, 2.75) is 30.6 Å². The van der Waals surface area contributed by atoms with Gasteiger partial charge in [0.1, 0.15) is 0 Å².